The van der Waals surface area contributed by atoms with Gasteiger partial charge in [0.2, 0.25) is 0 Å². The van der Waals surface area contributed by atoms with Crippen LogP contribution in [0.5, 0.6) is 0 Å². The van der Waals surface area contributed by atoms with Crippen molar-refractivity contribution in [3.8, 4) is 0 Å². The lowest BCUT2D eigenvalue weighted by atomic mass is 10.1. The molecule has 0 spiro atoms. The van der Waals surface area contributed by atoms with Crippen molar-refractivity contribution in [1.82, 2.24) is 15.5 Å². The molecule has 0 radical (unpaired) electrons. The fraction of sp³-hybridized carbons (Fsp3) is 0.310. The van der Waals surface area contributed by atoms with Crippen LogP contribution in [0.4, 0.5) is 4.79 Å². The monoisotopic (exact) mass is 489 g/mol. The van der Waals surface area contributed by atoms with Crippen LogP contribution in [-0.2, 0) is 34.0 Å². The number of nitrogens with zero attached hydrogens (tertiary/aromatic N) is 1. The third-order valence-electron chi connectivity index (χ3n) is 5.68. The summed E-state index contributed by atoms with van der Waals surface area (Å²) in [6, 6.07) is 29.4. The van der Waals surface area contributed by atoms with Crippen molar-refractivity contribution in [3.05, 3.63) is 108 Å². The number of hydrogen-bond acceptors (Lipinski definition) is 6. The summed E-state index contributed by atoms with van der Waals surface area (Å²) in [7, 11) is 1.35. The second kappa shape index (κ2) is 15.3. The fourth-order valence-corrected chi connectivity index (χ4v) is 3.83. The van der Waals surface area contributed by atoms with Gasteiger partial charge in [0.05, 0.1) is 19.6 Å². The van der Waals surface area contributed by atoms with Crippen LogP contribution in [0.3, 0.4) is 0 Å². The first kappa shape index (κ1) is 26.9. The van der Waals surface area contributed by atoms with E-state index in [0.717, 1.165) is 30.8 Å². The van der Waals surface area contributed by atoms with Gasteiger partial charge in [0, 0.05) is 32.7 Å². The summed E-state index contributed by atoms with van der Waals surface area (Å²) >= 11 is 0. The SMILES string of the molecule is COC(=O)CC(CN(CCNCc1ccccc1)Cc1ccccc1)NC(=O)OCc1ccccc1. The van der Waals surface area contributed by atoms with E-state index in [0.29, 0.717) is 13.1 Å². The number of hydrogen-bond donors (Lipinski definition) is 2. The van der Waals surface area contributed by atoms with Crippen molar-refractivity contribution in [2.75, 3.05) is 26.7 Å². The smallest absolute Gasteiger partial charge is 0.407 e. The highest BCUT2D eigenvalue weighted by atomic mass is 16.5. The maximum Gasteiger partial charge on any atom is 0.407 e. The van der Waals surface area contributed by atoms with Gasteiger partial charge in [-0.15, -0.1) is 0 Å². The van der Waals surface area contributed by atoms with Crippen molar-refractivity contribution in [2.45, 2.75) is 32.2 Å². The lowest BCUT2D eigenvalue weighted by molar-refractivity contribution is -0.141. The molecule has 3 rings (SSSR count). The minimum atomic E-state index is -0.561. The molecule has 1 unspecified atom stereocenters. The van der Waals surface area contributed by atoms with Crippen molar-refractivity contribution in [2.24, 2.45) is 0 Å². The number of carbonyl (C=O) groups excluding carboxylic acids is 2. The number of alkyl carbamates (subject to hydrolysis) is 1. The second-order valence-electron chi connectivity index (χ2n) is 8.57. The molecule has 3 aromatic carbocycles. The average Bonchev–Trinajstić information content (AvgIpc) is 2.91. The van der Waals surface area contributed by atoms with Crippen LogP contribution in [0.1, 0.15) is 23.1 Å². The van der Waals surface area contributed by atoms with E-state index in [1.54, 1.807) is 0 Å². The van der Waals surface area contributed by atoms with E-state index in [2.05, 4.69) is 39.8 Å². The summed E-state index contributed by atoms with van der Waals surface area (Å²) < 4.78 is 10.3. The maximum atomic E-state index is 12.5. The van der Waals surface area contributed by atoms with Gasteiger partial charge in [-0.1, -0.05) is 91.0 Å². The molecule has 190 valence electrons. The minimum Gasteiger partial charge on any atom is -0.469 e. The number of carbonyl (C=O) groups is 2. The Balaban J connectivity index is 1.59. The van der Waals surface area contributed by atoms with Gasteiger partial charge >= 0.3 is 12.1 Å². The second-order valence-corrected chi connectivity index (χ2v) is 8.57. The molecular formula is C29H35N3O4. The number of rotatable bonds is 14. The first-order valence-corrected chi connectivity index (χ1v) is 12.2. The predicted octanol–water partition coefficient (Wildman–Crippen LogP) is 4.14. The van der Waals surface area contributed by atoms with Gasteiger partial charge < -0.3 is 20.1 Å². The lowest BCUT2D eigenvalue weighted by Gasteiger charge is -2.28. The van der Waals surface area contributed by atoms with E-state index in [-0.39, 0.29) is 19.0 Å². The maximum absolute atomic E-state index is 12.5. The Bertz CT molecular complexity index is 1030. The molecule has 7 nitrogen and oxygen atoms in total. The highest BCUT2D eigenvalue weighted by molar-refractivity contribution is 5.72. The van der Waals surface area contributed by atoms with Crippen LogP contribution in [-0.4, -0.2) is 49.7 Å². The Hall–Kier alpha value is -3.68. The van der Waals surface area contributed by atoms with Gasteiger partial charge in [-0.25, -0.2) is 4.79 Å². The van der Waals surface area contributed by atoms with Gasteiger partial charge in [-0.2, -0.15) is 0 Å². The van der Waals surface area contributed by atoms with E-state index >= 15 is 0 Å². The van der Waals surface area contributed by atoms with Gasteiger partial charge in [0.1, 0.15) is 6.61 Å². The van der Waals surface area contributed by atoms with Gasteiger partial charge in [-0.3, -0.25) is 9.69 Å². The van der Waals surface area contributed by atoms with Crippen LogP contribution in [0.2, 0.25) is 0 Å². The van der Waals surface area contributed by atoms with E-state index in [4.69, 9.17) is 9.47 Å². The summed E-state index contributed by atoms with van der Waals surface area (Å²) in [5.74, 6) is -0.384. The van der Waals surface area contributed by atoms with E-state index in [1.165, 1.54) is 12.7 Å². The topological polar surface area (TPSA) is 79.9 Å². The summed E-state index contributed by atoms with van der Waals surface area (Å²) in [5.41, 5.74) is 3.27. The lowest BCUT2D eigenvalue weighted by Crippen LogP contribution is -2.46. The molecule has 1 amide bonds. The molecule has 0 aliphatic carbocycles. The molecule has 0 saturated carbocycles. The Labute approximate surface area is 213 Å². The summed E-state index contributed by atoms with van der Waals surface area (Å²) in [4.78, 5) is 26.9. The predicted molar refractivity (Wildman–Crippen MR) is 140 cm³/mol. The number of ether oxygens (including phenoxy) is 2. The first-order valence-electron chi connectivity index (χ1n) is 12.2. The van der Waals surface area contributed by atoms with Crippen LogP contribution in [0.25, 0.3) is 0 Å². The van der Waals surface area contributed by atoms with Gasteiger partial charge in [-0.05, 0) is 16.7 Å². The van der Waals surface area contributed by atoms with Crippen molar-refractivity contribution < 1.29 is 19.1 Å². The molecule has 0 aliphatic rings. The first-order chi connectivity index (χ1) is 17.6. The van der Waals surface area contributed by atoms with Crippen LogP contribution >= 0.6 is 0 Å². The zero-order valence-corrected chi connectivity index (χ0v) is 20.8. The van der Waals surface area contributed by atoms with Crippen molar-refractivity contribution >= 4 is 12.1 Å². The zero-order chi connectivity index (χ0) is 25.4. The number of nitrogens with one attached hydrogen (secondary N) is 2. The number of esters is 1. The Morgan fingerprint density at radius 2 is 1.42 bits per heavy atom. The van der Waals surface area contributed by atoms with Crippen LogP contribution in [0, 0.1) is 0 Å². The van der Waals surface area contributed by atoms with Crippen LogP contribution in [0.15, 0.2) is 91.0 Å². The van der Waals surface area contributed by atoms with E-state index < -0.39 is 12.1 Å². The molecule has 0 heterocycles. The molecule has 0 aliphatic heterocycles. The highest BCUT2D eigenvalue weighted by Crippen LogP contribution is 2.08. The number of amides is 1. The van der Waals surface area contributed by atoms with E-state index in [1.807, 2.05) is 66.7 Å². The number of benzene rings is 3. The number of methoxy groups -OCH3 is 1. The third-order valence-corrected chi connectivity index (χ3v) is 5.68. The average molecular weight is 490 g/mol. The van der Waals surface area contributed by atoms with Crippen LogP contribution < -0.4 is 10.6 Å². The molecule has 0 fully saturated rings. The molecule has 7 heteroatoms. The van der Waals surface area contributed by atoms with Gasteiger partial charge in [0.15, 0.2) is 0 Å². The zero-order valence-electron chi connectivity index (χ0n) is 20.8. The summed E-state index contributed by atoms with van der Waals surface area (Å²) in [5, 5.41) is 6.34. The van der Waals surface area contributed by atoms with Crippen molar-refractivity contribution in [1.29, 1.82) is 0 Å². The molecular weight excluding hydrogens is 454 g/mol. The van der Waals surface area contributed by atoms with Gasteiger partial charge in [0.25, 0.3) is 0 Å². The van der Waals surface area contributed by atoms with E-state index in [9.17, 15) is 9.59 Å². The molecule has 3 aromatic rings. The molecule has 2 N–H and O–H groups in total. The molecule has 1 atom stereocenters. The fourth-order valence-electron chi connectivity index (χ4n) is 3.83. The van der Waals surface area contributed by atoms with Crippen molar-refractivity contribution in [3.63, 3.8) is 0 Å². The Kier molecular flexibility index (Phi) is 11.5. The molecule has 0 aromatic heterocycles. The molecule has 0 saturated heterocycles. The largest absolute Gasteiger partial charge is 0.469 e. The highest BCUT2D eigenvalue weighted by Gasteiger charge is 2.21. The summed E-state index contributed by atoms with van der Waals surface area (Å²) in [6.07, 6.45) is -0.505. The summed E-state index contributed by atoms with van der Waals surface area (Å²) in [6.45, 7) is 3.58. The Morgan fingerprint density at radius 3 is 2.03 bits per heavy atom. The Morgan fingerprint density at radius 1 is 0.833 bits per heavy atom. The quantitative estimate of drug-likeness (QED) is 0.262. The normalized spacial score (nSPS) is 11.6. The molecule has 36 heavy (non-hydrogen) atoms. The molecule has 0 bridgehead atoms. The minimum absolute atomic E-state index is 0.0552. The standard InChI is InChI=1S/C29H35N3O4/c1-35-28(33)19-27(31-29(34)36-23-26-15-9-4-10-16-26)22-32(21-25-13-7-3-8-14-25)18-17-30-20-24-11-5-2-6-12-24/h2-16,27,30H,17-23H2,1H3,(H,31,34). The third kappa shape index (κ3) is 10.3.